The molecule has 1 aliphatic heterocycles. The summed E-state index contributed by atoms with van der Waals surface area (Å²) in [6.07, 6.45) is -0.142. The Morgan fingerprint density at radius 2 is 1.90 bits per heavy atom. The van der Waals surface area contributed by atoms with Crippen LogP contribution in [0.3, 0.4) is 0 Å². The molecular formula is C15H19ClN2O3. The van der Waals surface area contributed by atoms with Crippen molar-refractivity contribution in [2.24, 2.45) is 0 Å². The molecule has 1 aliphatic rings. The number of carbonyl (C=O) groups is 2. The van der Waals surface area contributed by atoms with E-state index in [2.05, 4.69) is 5.32 Å². The van der Waals surface area contributed by atoms with Crippen molar-refractivity contribution in [3.05, 3.63) is 28.8 Å². The first kappa shape index (κ1) is 15.8. The predicted octanol–water partition coefficient (Wildman–Crippen LogP) is 2.22. The standard InChI is InChI=1S/C15H19ClN2O3/c1-9-7-18(8-10(2)21-9)15(20)14(19)17-13-6-4-5-12(16)11(13)3/h4-6,9-10H,7-8H2,1-3H3,(H,17,19). The van der Waals surface area contributed by atoms with Crippen molar-refractivity contribution in [2.45, 2.75) is 33.0 Å². The smallest absolute Gasteiger partial charge is 0.313 e. The van der Waals surface area contributed by atoms with Crippen LogP contribution in [0.1, 0.15) is 19.4 Å². The van der Waals surface area contributed by atoms with Crippen molar-refractivity contribution < 1.29 is 14.3 Å². The number of nitrogens with zero attached hydrogens (tertiary/aromatic N) is 1. The van der Waals surface area contributed by atoms with Crippen LogP contribution in [0, 0.1) is 6.92 Å². The molecule has 0 aromatic heterocycles. The van der Waals surface area contributed by atoms with E-state index in [1.807, 2.05) is 13.8 Å². The largest absolute Gasteiger partial charge is 0.372 e. The highest BCUT2D eigenvalue weighted by atomic mass is 35.5. The molecule has 5 nitrogen and oxygen atoms in total. The van der Waals surface area contributed by atoms with Crippen LogP contribution in [0.25, 0.3) is 0 Å². The Morgan fingerprint density at radius 3 is 2.52 bits per heavy atom. The lowest BCUT2D eigenvalue weighted by Crippen LogP contribution is -2.51. The average molecular weight is 311 g/mol. The molecule has 0 saturated carbocycles. The highest BCUT2D eigenvalue weighted by molar-refractivity contribution is 6.40. The summed E-state index contributed by atoms with van der Waals surface area (Å²) in [6, 6.07) is 5.19. The summed E-state index contributed by atoms with van der Waals surface area (Å²) in [4.78, 5) is 25.8. The number of nitrogens with one attached hydrogen (secondary N) is 1. The summed E-state index contributed by atoms with van der Waals surface area (Å²) in [5.41, 5.74) is 1.29. The molecule has 1 N–H and O–H groups in total. The molecule has 1 saturated heterocycles. The lowest BCUT2D eigenvalue weighted by atomic mass is 10.2. The normalized spacial score (nSPS) is 22.0. The number of hydrogen-bond acceptors (Lipinski definition) is 3. The quantitative estimate of drug-likeness (QED) is 0.809. The van der Waals surface area contributed by atoms with Gasteiger partial charge in [-0.2, -0.15) is 0 Å². The Morgan fingerprint density at radius 1 is 1.29 bits per heavy atom. The van der Waals surface area contributed by atoms with Gasteiger partial charge in [-0.05, 0) is 38.5 Å². The minimum atomic E-state index is -0.651. The summed E-state index contributed by atoms with van der Waals surface area (Å²) in [6.45, 7) is 6.40. The van der Waals surface area contributed by atoms with Crippen LogP contribution in [-0.2, 0) is 14.3 Å². The van der Waals surface area contributed by atoms with Gasteiger partial charge in [0.1, 0.15) is 0 Å². The molecule has 2 unspecified atom stereocenters. The number of halogens is 1. The molecule has 21 heavy (non-hydrogen) atoms. The van der Waals surface area contributed by atoms with Crippen LogP contribution in [-0.4, -0.2) is 42.0 Å². The minimum Gasteiger partial charge on any atom is -0.372 e. The summed E-state index contributed by atoms with van der Waals surface area (Å²) < 4.78 is 5.56. The van der Waals surface area contributed by atoms with Gasteiger partial charge >= 0.3 is 11.8 Å². The molecule has 2 rings (SSSR count). The number of hydrogen-bond donors (Lipinski definition) is 1. The van der Waals surface area contributed by atoms with Crippen molar-refractivity contribution in [3.63, 3.8) is 0 Å². The van der Waals surface area contributed by atoms with Gasteiger partial charge in [0, 0.05) is 23.8 Å². The van der Waals surface area contributed by atoms with Crippen molar-refractivity contribution in [3.8, 4) is 0 Å². The van der Waals surface area contributed by atoms with Gasteiger partial charge in [-0.1, -0.05) is 17.7 Å². The summed E-state index contributed by atoms with van der Waals surface area (Å²) >= 11 is 6.00. The molecular weight excluding hydrogens is 292 g/mol. The highest BCUT2D eigenvalue weighted by Crippen LogP contribution is 2.23. The monoisotopic (exact) mass is 310 g/mol. The molecule has 1 fully saturated rings. The fourth-order valence-corrected chi connectivity index (χ4v) is 2.58. The van der Waals surface area contributed by atoms with Gasteiger partial charge in [0.2, 0.25) is 0 Å². The minimum absolute atomic E-state index is 0.0709. The molecule has 0 radical (unpaired) electrons. The van der Waals surface area contributed by atoms with E-state index in [4.69, 9.17) is 16.3 Å². The number of benzene rings is 1. The van der Waals surface area contributed by atoms with E-state index in [9.17, 15) is 9.59 Å². The van der Waals surface area contributed by atoms with E-state index in [0.29, 0.717) is 23.8 Å². The number of ether oxygens (including phenoxy) is 1. The first-order chi connectivity index (χ1) is 9.88. The Kier molecular flexibility index (Phi) is 4.85. The predicted molar refractivity (Wildman–Crippen MR) is 81.4 cm³/mol. The Balaban J connectivity index is 2.06. The van der Waals surface area contributed by atoms with Gasteiger partial charge in [0.25, 0.3) is 0 Å². The van der Waals surface area contributed by atoms with Gasteiger partial charge in [0.05, 0.1) is 12.2 Å². The summed E-state index contributed by atoms with van der Waals surface area (Å²) in [7, 11) is 0. The second-order valence-corrected chi connectivity index (χ2v) is 5.74. The van der Waals surface area contributed by atoms with Gasteiger partial charge in [-0.25, -0.2) is 0 Å². The second kappa shape index (κ2) is 6.45. The molecule has 114 valence electrons. The van der Waals surface area contributed by atoms with Crippen molar-refractivity contribution in [1.82, 2.24) is 4.90 Å². The molecule has 0 aliphatic carbocycles. The van der Waals surface area contributed by atoms with E-state index >= 15 is 0 Å². The molecule has 2 amide bonds. The van der Waals surface area contributed by atoms with Crippen LogP contribution in [0.15, 0.2) is 18.2 Å². The molecule has 2 atom stereocenters. The lowest BCUT2D eigenvalue weighted by molar-refractivity contribution is -0.151. The Bertz CT molecular complexity index is 552. The van der Waals surface area contributed by atoms with Crippen molar-refractivity contribution in [1.29, 1.82) is 0 Å². The van der Waals surface area contributed by atoms with Gasteiger partial charge in [0.15, 0.2) is 0 Å². The zero-order chi connectivity index (χ0) is 15.6. The van der Waals surface area contributed by atoms with Gasteiger partial charge in [-0.3, -0.25) is 9.59 Å². The lowest BCUT2D eigenvalue weighted by Gasteiger charge is -2.34. The number of rotatable bonds is 1. The van der Waals surface area contributed by atoms with Crippen molar-refractivity contribution in [2.75, 3.05) is 18.4 Å². The van der Waals surface area contributed by atoms with Crippen LogP contribution in [0.4, 0.5) is 5.69 Å². The maximum absolute atomic E-state index is 12.2. The first-order valence-electron chi connectivity index (χ1n) is 6.89. The van der Waals surface area contributed by atoms with Gasteiger partial charge < -0.3 is 15.0 Å². The zero-order valence-electron chi connectivity index (χ0n) is 12.4. The third kappa shape index (κ3) is 3.74. The SMILES string of the molecule is Cc1c(Cl)cccc1NC(=O)C(=O)N1CC(C)OC(C)C1. The fourth-order valence-electron chi connectivity index (χ4n) is 2.41. The maximum atomic E-state index is 12.2. The first-order valence-corrected chi connectivity index (χ1v) is 7.27. The molecule has 6 heteroatoms. The van der Waals surface area contributed by atoms with E-state index < -0.39 is 11.8 Å². The van der Waals surface area contributed by atoms with Crippen LogP contribution >= 0.6 is 11.6 Å². The molecule has 1 aromatic carbocycles. The second-order valence-electron chi connectivity index (χ2n) is 5.33. The van der Waals surface area contributed by atoms with Crippen molar-refractivity contribution >= 4 is 29.1 Å². The molecule has 0 spiro atoms. The number of carbonyl (C=O) groups excluding carboxylic acids is 2. The summed E-state index contributed by atoms with van der Waals surface area (Å²) in [5, 5.41) is 3.17. The van der Waals surface area contributed by atoms with E-state index in [-0.39, 0.29) is 12.2 Å². The summed E-state index contributed by atoms with van der Waals surface area (Å²) in [5.74, 6) is -1.20. The third-order valence-electron chi connectivity index (χ3n) is 3.42. The topological polar surface area (TPSA) is 58.6 Å². The highest BCUT2D eigenvalue weighted by Gasteiger charge is 2.29. The van der Waals surface area contributed by atoms with E-state index in [0.717, 1.165) is 5.56 Å². The van der Waals surface area contributed by atoms with Crippen LogP contribution < -0.4 is 5.32 Å². The number of morpholine rings is 1. The molecule has 1 heterocycles. The maximum Gasteiger partial charge on any atom is 0.313 e. The molecule has 0 bridgehead atoms. The van der Waals surface area contributed by atoms with Gasteiger partial charge in [-0.15, -0.1) is 0 Å². The zero-order valence-corrected chi connectivity index (χ0v) is 13.1. The number of anilines is 1. The van der Waals surface area contributed by atoms with Crippen LogP contribution in [0.5, 0.6) is 0 Å². The van der Waals surface area contributed by atoms with E-state index in [1.54, 1.807) is 25.1 Å². The Hall–Kier alpha value is -1.59. The third-order valence-corrected chi connectivity index (χ3v) is 3.83. The average Bonchev–Trinajstić information content (AvgIpc) is 2.42. The Labute approximate surface area is 129 Å². The van der Waals surface area contributed by atoms with Crippen LogP contribution in [0.2, 0.25) is 5.02 Å². The number of amides is 2. The fraction of sp³-hybridized carbons (Fsp3) is 0.467. The molecule has 1 aromatic rings. The van der Waals surface area contributed by atoms with E-state index in [1.165, 1.54) is 4.90 Å².